The molecule has 8 heteroatoms. The molecule has 0 radical (unpaired) electrons. The van der Waals surface area contributed by atoms with Crippen molar-refractivity contribution in [3.8, 4) is 0 Å². The molecule has 28 heavy (non-hydrogen) atoms. The smallest absolute Gasteiger partial charge is 0.290 e. The molecule has 2 amide bonds. The van der Waals surface area contributed by atoms with Crippen molar-refractivity contribution in [3.63, 3.8) is 0 Å². The number of hydrogen-bond donors (Lipinski definition) is 2. The average molecular weight is 411 g/mol. The molecule has 3 rings (SSSR count). The van der Waals surface area contributed by atoms with Crippen molar-refractivity contribution in [2.45, 2.75) is 38.6 Å². The molecule has 2 aliphatic rings. The van der Waals surface area contributed by atoms with Crippen LogP contribution in [0.3, 0.4) is 0 Å². The number of carbonyl (C=O) groups excluding carboxylic acids is 2. The van der Waals surface area contributed by atoms with Gasteiger partial charge in [-0.1, -0.05) is 23.7 Å². The molecular formula is C20H27ClN2O5. The van der Waals surface area contributed by atoms with E-state index in [4.69, 9.17) is 26.2 Å². The molecular weight excluding hydrogens is 384 g/mol. The van der Waals surface area contributed by atoms with Crippen LogP contribution >= 0.6 is 11.6 Å². The van der Waals surface area contributed by atoms with Crippen LogP contribution in [0.2, 0.25) is 5.02 Å². The topological polar surface area (TPSA) is 95.9 Å². The predicted octanol–water partition coefficient (Wildman–Crippen LogP) is 2.12. The van der Waals surface area contributed by atoms with Crippen molar-refractivity contribution in [2.24, 2.45) is 5.41 Å². The third-order valence-electron chi connectivity index (χ3n) is 5.15. The summed E-state index contributed by atoms with van der Waals surface area (Å²) in [6, 6.07) is 7.87. The maximum atomic E-state index is 12.9. The van der Waals surface area contributed by atoms with Gasteiger partial charge in [-0.15, -0.1) is 0 Å². The Balaban J connectivity index is 0.000000878. The molecule has 0 aromatic heterocycles. The highest BCUT2D eigenvalue weighted by Crippen LogP contribution is 2.36. The average Bonchev–Trinajstić information content (AvgIpc) is 2.61. The molecule has 1 saturated carbocycles. The van der Waals surface area contributed by atoms with Crippen molar-refractivity contribution in [3.05, 3.63) is 34.9 Å². The van der Waals surface area contributed by atoms with Crippen LogP contribution in [0, 0.1) is 5.41 Å². The number of nitrogens with zero attached hydrogens (tertiary/aromatic N) is 1. The summed E-state index contributed by atoms with van der Waals surface area (Å²) in [5.74, 6) is 0.0117. The van der Waals surface area contributed by atoms with Crippen LogP contribution in [0.1, 0.15) is 31.7 Å². The van der Waals surface area contributed by atoms with Gasteiger partial charge in [0.25, 0.3) is 6.47 Å². The van der Waals surface area contributed by atoms with Crippen molar-refractivity contribution in [1.29, 1.82) is 0 Å². The number of halogens is 1. The Bertz CT molecular complexity index is 670. The number of amides is 2. The first-order valence-corrected chi connectivity index (χ1v) is 9.80. The van der Waals surface area contributed by atoms with E-state index in [2.05, 4.69) is 5.32 Å². The lowest BCUT2D eigenvalue weighted by Gasteiger charge is -2.49. The Kier molecular flexibility index (Phi) is 8.26. The third kappa shape index (κ3) is 5.69. The van der Waals surface area contributed by atoms with Gasteiger partial charge >= 0.3 is 0 Å². The van der Waals surface area contributed by atoms with Crippen molar-refractivity contribution in [2.75, 3.05) is 26.3 Å². The number of rotatable bonds is 7. The van der Waals surface area contributed by atoms with Crippen LogP contribution in [-0.4, -0.2) is 60.6 Å². The maximum absolute atomic E-state index is 12.9. The molecule has 1 aliphatic carbocycles. The summed E-state index contributed by atoms with van der Waals surface area (Å²) in [7, 11) is 0. The molecule has 2 N–H and O–H groups in total. The number of ether oxygens (including phenoxy) is 1. The van der Waals surface area contributed by atoms with Gasteiger partial charge in [0.1, 0.15) is 6.61 Å². The van der Waals surface area contributed by atoms with E-state index in [0.29, 0.717) is 37.2 Å². The van der Waals surface area contributed by atoms with Gasteiger partial charge in [-0.3, -0.25) is 14.4 Å². The highest BCUT2D eigenvalue weighted by molar-refractivity contribution is 6.30. The van der Waals surface area contributed by atoms with Gasteiger partial charge in [-0.2, -0.15) is 0 Å². The number of hydrogen-bond acceptors (Lipinski definition) is 4. The van der Waals surface area contributed by atoms with Crippen molar-refractivity contribution in [1.82, 2.24) is 10.2 Å². The predicted molar refractivity (Wildman–Crippen MR) is 105 cm³/mol. The van der Waals surface area contributed by atoms with Crippen LogP contribution in [0.25, 0.3) is 0 Å². The first-order valence-electron chi connectivity index (χ1n) is 9.43. The standard InChI is InChI=1S/C19H25ClN2O3.CH2O2/c1-2-25-11-17(23)22-12-19(13-22,18(24)21-16-4-3-5-16)10-14-6-8-15(20)9-7-14;2-1-3/h6-9,16H,2-5,10-13H2,1H3,(H,21,24);1H,(H,2,3). The zero-order chi connectivity index (χ0) is 20.6. The Morgan fingerprint density at radius 3 is 2.43 bits per heavy atom. The Morgan fingerprint density at radius 2 is 1.93 bits per heavy atom. The van der Waals surface area contributed by atoms with E-state index >= 15 is 0 Å². The second kappa shape index (κ2) is 10.4. The molecule has 0 bridgehead atoms. The first kappa shape index (κ1) is 22.2. The molecule has 1 heterocycles. The summed E-state index contributed by atoms with van der Waals surface area (Å²) in [4.78, 5) is 35.1. The first-order chi connectivity index (χ1) is 13.4. The zero-order valence-electron chi connectivity index (χ0n) is 16.0. The van der Waals surface area contributed by atoms with Gasteiger partial charge in [-0.25, -0.2) is 0 Å². The van der Waals surface area contributed by atoms with Crippen molar-refractivity contribution >= 4 is 29.9 Å². The van der Waals surface area contributed by atoms with Crippen molar-refractivity contribution < 1.29 is 24.2 Å². The van der Waals surface area contributed by atoms with E-state index in [9.17, 15) is 9.59 Å². The second-order valence-electron chi connectivity index (χ2n) is 7.18. The molecule has 2 fully saturated rings. The number of nitrogens with one attached hydrogen (secondary N) is 1. The normalized spacial score (nSPS) is 17.4. The van der Waals surface area contributed by atoms with E-state index in [1.54, 1.807) is 4.90 Å². The number of likely N-dealkylation sites (tertiary alicyclic amines) is 1. The number of benzene rings is 1. The highest BCUT2D eigenvalue weighted by atomic mass is 35.5. The summed E-state index contributed by atoms with van der Waals surface area (Å²) in [6.45, 7) is 3.09. The fourth-order valence-corrected chi connectivity index (χ4v) is 3.49. The molecule has 0 atom stereocenters. The lowest BCUT2D eigenvalue weighted by atomic mass is 9.73. The Labute approximate surface area is 170 Å². The monoisotopic (exact) mass is 410 g/mol. The van der Waals surface area contributed by atoms with Crippen LogP contribution in [0.4, 0.5) is 0 Å². The largest absolute Gasteiger partial charge is 0.483 e. The molecule has 0 spiro atoms. The lowest BCUT2D eigenvalue weighted by molar-refractivity contribution is -0.157. The summed E-state index contributed by atoms with van der Waals surface area (Å²) >= 11 is 5.96. The summed E-state index contributed by atoms with van der Waals surface area (Å²) in [5, 5.41) is 10.7. The summed E-state index contributed by atoms with van der Waals surface area (Å²) < 4.78 is 5.20. The van der Waals surface area contributed by atoms with Crippen LogP contribution < -0.4 is 5.32 Å². The molecule has 1 saturated heterocycles. The minimum absolute atomic E-state index is 0.0509. The Hall–Kier alpha value is -2.12. The van der Waals surface area contributed by atoms with E-state index in [0.717, 1.165) is 18.4 Å². The SMILES string of the molecule is CCOCC(=O)N1CC(Cc2ccc(Cl)cc2)(C(=O)NC2CCC2)C1.O=CO. The minimum Gasteiger partial charge on any atom is -0.483 e. The van der Waals surface area contributed by atoms with Gasteiger partial charge in [0.2, 0.25) is 11.8 Å². The number of carbonyl (C=O) groups is 3. The van der Waals surface area contributed by atoms with Gasteiger partial charge < -0.3 is 20.1 Å². The second-order valence-corrected chi connectivity index (χ2v) is 7.61. The fraction of sp³-hybridized carbons (Fsp3) is 0.550. The van der Waals surface area contributed by atoms with Gasteiger partial charge in [-0.05, 0) is 50.3 Å². The van der Waals surface area contributed by atoms with Gasteiger partial charge in [0.05, 0.1) is 5.41 Å². The highest BCUT2D eigenvalue weighted by Gasteiger charge is 2.51. The molecule has 7 nitrogen and oxygen atoms in total. The molecule has 1 aliphatic heterocycles. The maximum Gasteiger partial charge on any atom is 0.290 e. The quantitative estimate of drug-likeness (QED) is 0.671. The van der Waals surface area contributed by atoms with E-state index < -0.39 is 5.41 Å². The third-order valence-corrected chi connectivity index (χ3v) is 5.40. The van der Waals surface area contributed by atoms with Gasteiger partial charge in [0, 0.05) is 30.8 Å². The van der Waals surface area contributed by atoms with E-state index in [1.807, 2.05) is 31.2 Å². The van der Waals surface area contributed by atoms with Gasteiger partial charge in [0.15, 0.2) is 0 Å². The van der Waals surface area contributed by atoms with Crippen LogP contribution in [-0.2, 0) is 25.5 Å². The van der Waals surface area contributed by atoms with E-state index in [-0.39, 0.29) is 24.9 Å². The molecule has 0 unspecified atom stereocenters. The summed E-state index contributed by atoms with van der Waals surface area (Å²) in [5.41, 5.74) is 0.510. The fourth-order valence-electron chi connectivity index (χ4n) is 3.36. The van der Waals surface area contributed by atoms with E-state index in [1.165, 1.54) is 6.42 Å². The Morgan fingerprint density at radius 1 is 1.32 bits per heavy atom. The molecule has 1 aromatic carbocycles. The lowest BCUT2D eigenvalue weighted by Crippen LogP contribution is -2.67. The molecule has 1 aromatic rings. The van der Waals surface area contributed by atoms with Crippen LogP contribution in [0.15, 0.2) is 24.3 Å². The minimum atomic E-state index is -0.550. The molecule has 154 valence electrons. The number of carboxylic acid groups (broad SMARTS) is 1. The van der Waals surface area contributed by atoms with Crippen LogP contribution in [0.5, 0.6) is 0 Å². The summed E-state index contributed by atoms with van der Waals surface area (Å²) in [6.07, 6.45) is 3.89. The zero-order valence-corrected chi connectivity index (χ0v) is 16.8.